The summed E-state index contributed by atoms with van der Waals surface area (Å²) < 4.78 is 4.56. The molecule has 1 fully saturated rings. The lowest BCUT2D eigenvalue weighted by molar-refractivity contribution is -0.141. The van der Waals surface area contributed by atoms with Crippen LogP contribution in [0.1, 0.15) is 25.7 Å². The first-order valence-corrected chi connectivity index (χ1v) is 6.17. The monoisotopic (exact) mass is 242 g/mol. The van der Waals surface area contributed by atoms with Gasteiger partial charge in [0.25, 0.3) is 0 Å². The minimum absolute atomic E-state index is 0.104. The molecule has 1 atom stereocenters. The number of nitrogens with zero attached hydrogens (tertiary/aromatic N) is 1. The molecule has 1 heterocycles. The van der Waals surface area contributed by atoms with Gasteiger partial charge in [-0.25, -0.2) is 0 Å². The lowest BCUT2D eigenvalue weighted by atomic mass is 9.98. The average Bonchev–Trinajstić information content (AvgIpc) is 2.38. The normalized spacial score (nSPS) is 19.8. The molecule has 0 saturated carbocycles. The number of amides is 1. The number of hydrogen-bond acceptors (Lipinski definition) is 4. The number of carbonyl (C=O) groups is 2. The molecule has 0 aromatic heterocycles. The molecule has 0 aromatic rings. The van der Waals surface area contributed by atoms with Crippen molar-refractivity contribution in [3.63, 3.8) is 0 Å². The lowest BCUT2D eigenvalue weighted by Crippen LogP contribution is -2.41. The van der Waals surface area contributed by atoms with E-state index in [0.717, 1.165) is 25.9 Å². The van der Waals surface area contributed by atoms with E-state index in [2.05, 4.69) is 10.1 Å². The summed E-state index contributed by atoms with van der Waals surface area (Å²) >= 11 is 0. The van der Waals surface area contributed by atoms with Crippen molar-refractivity contribution >= 4 is 11.9 Å². The van der Waals surface area contributed by atoms with Crippen molar-refractivity contribution in [1.29, 1.82) is 0 Å². The summed E-state index contributed by atoms with van der Waals surface area (Å²) in [5.74, 6) is 0.0686. The number of carbonyl (C=O) groups excluding carboxylic acids is 2. The van der Waals surface area contributed by atoms with Crippen molar-refractivity contribution in [3.8, 4) is 0 Å². The van der Waals surface area contributed by atoms with Gasteiger partial charge in [0.2, 0.25) is 5.91 Å². The second kappa shape index (κ2) is 7.27. The molecule has 5 heteroatoms. The van der Waals surface area contributed by atoms with Crippen LogP contribution in [-0.4, -0.2) is 50.6 Å². The van der Waals surface area contributed by atoms with E-state index < -0.39 is 0 Å². The number of piperidine rings is 1. The van der Waals surface area contributed by atoms with Gasteiger partial charge in [-0.05, 0) is 25.8 Å². The zero-order valence-electron chi connectivity index (χ0n) is 10.7. The van der Waals surface area contributed by atoms with Crippen molar-refractivity contribution in [2.24, 2.45) is 5.92 Å². The van der Waals surface area contributed by atoms with Gasteiger partial charge < -0.3 is 15.0 Å². The molecule has 0 aromatic carbocycles. The summed E-state index contributed by atoms with van der Waals surface area (Å²) in [7, 11) is 3.18. The van der Waals surface area contributed by atoms with Crippen LogP contribution in [0.4, 0.5) is 0 Å². The predicted molar refractivity (Wildman–Crippen MR) is 64.5 cm³/mol. The third-order valence-corrected chi connectivity index (χ3v) is 3.12. The molecule has 0 aliphatic carbocycles. The van der Waals surface area contributed by atoms with E-state index in [0.29, 0.717) is 19.4 Å². The Labute approximate surface area is 102 Å². The van der Waals surface area contributed by atoms with E-state index in [1.807, 2.05) is 0 Å². The minimum Gasteiger partial charge on any atom is -0.469 e. The standard InChI is InChI=1S/C12H22N2O3/c1-14(8-4-6-11(15)17-2)12(16)10-5-3-7-13-9-10/h10,13H,3-9H2,1-2H3. The van der Waals surface area contributed by atoms with Gasteiger partial charge in [-0.1, -0.05) is 0 Å². The first-order chi connectivity index (χ1) is 8.15. The highest BCUT2D eigenvalue weighted by Gasteiger charge is 2.23. The maximum absolute atomic E-state index is 12.0. The Morgan fingerprint density at radius 1 is 1.47 bits per heavy atom. The Morgan fingerprint density at radius 2 is 2.24 bits per heavy atom. The van der Waals surface area contributed by atoms with Crippen molar-refractivity contribution < 1.29 is 14.3 Å². The van der Waals surface area contributed by atoms with Gasteiger partial charge in [0.1, 0.15) is 0 Å². The van der Waals surface area contributed by atoms with Gasteiger partial charge in [-0.3, -0.25) is 9.59 Å². The van der Waals surface area contributed by atoms with Gasteiger partial charge in [0.15, 0.2) is 0 Å². The molecule has 1 N–H and O–H groups in total. The van der Waals surface area contributed by atoms with Crippen LogP contribution in [0.5, 0.6) is 0 Å². The molecule has 0 radical (unpaired) electrons. The largest absolute Gasteiger partial charge is 0.469 e. The fourth-order valence-corrected chi connectivity index (χ4v) is 2.05. The summed E-state index contributed by atoms with van der Waals surface area (Å²) in [6.45, 7) is 2.40. The van der Waals surface area contributed by atoms with Gasteiger partial charge in [-0.15, -0.1) is 0 Å². The summed E-state index contributed by atoms with van der Waals surface area (Å²) in [4.78, 5) is 24.7. The maximum atomic E-state index is 12.0. The van der Waals surface area contributed by atoms with Crippen molar-refractivity contribution in [2.75, 3.05) is 33.8 Å². The Kier molecular flexibility index (Phi) is 5.97. The molecule has 5 nitrogen and oxygen atoms in total. The minimum atomic E-state index is -0.217. The zero-order valence-corrected chi connectivity index (χ0v) is 10.7. The molecule has 0 bridgehead atoms. The van der Waals surface area contributed by atoms with Crippen molar-refractivity contribution in [3.05, 3.63) is 0 Å². The molecule has 1 aliphatic rings. The van der Waals surface area contributed by atoms with Crippen LogP contribution < -0.4 is 5.32 Å². The topological polar surface area (TPSA) is 58.6 Å². The summed E-state index contributed by atoms with van der Waals surface area (Å²) in [5, 5.41) is 3.23. The molecule has 0 spiro atoms. The SMILES string of the molecule is COC(=O)CCCN(C)C(=O)C1CCCNC1. The molecule has 17 heavy (non-hydrogen) atoms. The van der Waals surface area contributed by atoms with Crippen molar-refractivity contribution in [1.82, 2.24) is 10.2 Å². The highest BCUT2D eigenvalue weighted by atomic mass is 16.5. The maximum Gasteiger partial charge on any atom is 0.305 e. The molecule has 98 valence electrons. The first kappa shape index (κ1) is 14.0. The van der Waals surface area contributed by atoms with Gasteiger partial charge in [0.05, 0.1) is 13.0 Å². The van der Waals surface area contributed by atoms with Crippen LogP contribution in [-0.2, 0) is 14.3 Å². The van der Waals surface area contributed by atoms with Crippen LogP contribution >= 0.6 is 0 Å². The Bertz CT molecular complexity index is 262. The van der Waals surface area contributed by atoms with Crippen LogP contribution in [0.25, 0.3) is 0 Å². The third kappa shape index (κ3) is 4.73. The number of methoxy groups -OCH3 is 1. The average molecular weight is 242 g/mol. The van der Waals surface area contributed by atoms with Gasteiger partial charge in [0, 0.05) is 26.6 Å². The van der Waals surface area contributed by atoms with E-state index in [1.54, 1.807) is 11.9 Å². The number of rotatable bonds is 5. The molecule has 1 amide bonds. The second-order valence-electron chi connectivity index (χ2n) is 4.48. The molecule has 1 rings (SSSR count). The smallest absolute Gasteiger partial charge is 0.305 e. The number of hydrogen-bond donors (Lipinski definition) is 1. The highest BCUT2D eigenvalue weighted by molar-refractivity contribution is 5.79. The summed E-state index contributed by atoms with van der Waals surface area (Å²) in [6.07, 6.45) is 3.06. The van der Waals surface area contributed by atoms with E-state index >= 15 is 0 Å². The zero-order chi connectivity index (χ0) is 12.7. The van der Waals surface area contributed by atoms with Crippen LogP contribution in [0, 0.1) is 5.92 Å². The van der Waals surface area contributed by atoms with Crippen LogP contribution in [0.2, 0.25) is 0 Å². The first-order valence-electron chi connectivity index (χ1n) is 6.17. The highest BCUT2D eigenvalue weighted by Crippen LogP contribution is 2.13. The second-order valence-corrected chi connectivity index (χ2v) is 4.48. The van der Waals surface area contributed by atoms with E-state index in [1.165, 1.54) is 7.11 Å². The molecule has 1 saturated heterocycles. The van der Waals surface area contributed by atoms with E-state index in [9.17, 15) is 9.59 Å². The quantitative estimate of drug-likeness (QED) is 0.709. The van der Waals surface area contributed by atoms with Gasteiger partial charge >= 0.3 is 5.97 Å². The Balaban J connectivity index is 2.23. The van der Waals surface area contributed by atoms with Crippen molar-refractivity contribution in [2.45, 2.75) is 25.7 Å². The third-order valence-electron chi connectivity index (χ3n) is 3.12. The molecule has 1 unspecified atom stereocenters. The molecular weight excluding hydrogens is 220 g/mol. The summed E-state index contributed by atoms with van der Waals surface area (Å²) in [5.41, 5.74) is 0. The lowest BCUT2D eigenvalue weighted by Gasteiger charge is -2.26. The fraction of sp³-hybridized carbons (Fsp3) is 0.833. The van der Waals surface area contributed by atoms with Gasteiger partial charge in [-0.2, -0.15) is 0 Å². The van der Waals surface area contributed by atoms with E-state index in [-0.39, 0.29) is 17.8 Å². The van der Waals surface area contributed by atoms with Crippen LogP contribution in [0.3, 0.4) is 0 Å². The molecular formula is C12H22N2O3. The van der Waals surface area contributed by atoms with Crippen LogP contribution in [0.15, 0.2) is 0 Å². The Morgan fingerprint density at radius 3 is 2.82 bits per heavy atom. The number of nitrogens with one attached hydrogen (secondary N) is 1. The molecule has 1 aliphatic heterocycles. The summed E-state index contributed by atoms with van der Waals surface area (Å²) in [6, 6.07) is 0. The number of ether oxygens (including phenoxy) is 1. The predicted octanol–water partition coefficient (Wildman–Crippen LogP) is 0.398. The fourth-order valence-electron chi connectivity index (χ4n) is 2.05. The number of esters is 1. The Hall–Kier alpha value is -1.10. The van der Waals surface area contributed by atoms with E-state index in [4.69, 9.17) is 0 Å².